The van der Waals surface area contributed by atoms with E-state index in [1.807, 2.05) is 26.8 Å². The van der Waals surface area contributed by atoms with Crippen molar-refractivity contribution in [2.75, 3.05) is 0 Å². The van der Waals surface area contributed by atoms with Crippen molar-refractivity contribution < 1.29 is 9.90 Å². The highest BCUT2D eigenvalue weighted by Crippen LogP contribution is 2.37. The minimum atomic E-state index is -0.233. The third-order valence-electron chi connectivity index (χ3n) is 4.16. The molecule has 0 atom stereocenters. The summed E-state index contributed by atoms with van der Waals surface area (Å²) in [5.41, 5.74) is 4.28. The predicted molar refractivity (Wildman–Crippen MR) is 96.3 cm³/mol. The van der Waals surface area contributed by atoms with Crippen LogP contribution >= 0.6 is 0 Å². The van der Waals surface area contributed by atoms with Crippen LogP contribution in [0.3, 0.4) is 0 Å². The van der Waals surface area contributed by atoms with Crippen LogP contribution < -0.4 is 0 Å². The number of hydrogen-bond acceptors (Lipinski definition) is 2. The van der Waals surface area contributed by atoms with Crippen LogP contribution in [-0.4, -0.2) is 11.4 Å². The number of aromatic hydroxyl groups is 1. The van der Waals surface area contributed by atoms with Crippen molar-refractivity contribution in [3.63, 3.8) is 0 Å². The van der Waals surface area contributed by atoms with Crippen LogP contribution in [0.25, 0.3) is 11.1 Å². The fourth-order valence-corrected chi connectivity index (χ4v) is 2.65. The molecule has 0 spiro atoms. The van der Waals surface area contributed by atoms with Crippen molar-refractivity contribution in [2.45, 2.75) is 52.4 Å². The van der Waals surface area contributed by atoms with Gasteiger partial charge >= 0.3 is 0 Å². The van der Waals surface area contributed by atoms with E-state index in [4.69, 9.17) is 0 Å². The Bertz CT molecular complexity index is 711. The molecule has 0 aliphatic heterocycles. The van der Waals surface area contributed by atoms with Crippen molar-refractivity contribution in [3.8, 4) is 16.9 Å². The zero-order valence-electron chi connectivity index (χ0n) is 14.9. The molecule has 122 valence electrons. The van der Waals surface area contributed by atoms with Crippen LogP contribution in [-0.2, 0) is 10.8 Å². The molecule has 1 N–H and O–H groups in total. The van der Waals surface area contributed by atoms with Gasteiger partial charge in [-0.3, -0.25) is 4.79 Å². The van der Waals surface area contributed by atoms with Gasteiger partial charge in [0.05, 0.1) is 5.56 Å². The lowest BCUT2D eigenvalue weighted by Gasteiger charge is -2.23. The Kier molecular flexibility index (Phi) is 4.39. The zero-order chi connectivity index (χ0) is 17.4. The van der Waals surface area contributed by atoms with E-state index in [9.17, 15) is 9.90 Å². The number of aldehydes is 1. The Morgan fingerprint density at radius 3 is 1.83 bits per heavy atom. The molecule has 0 aromatic heterocycles. The second kappa shape index (κ2) is 5.84. The van der Waals surface area contributed by atoms with Crippen LogP contribution in [0.15, 0.2) is 36.4 Å². The van der Waals surface area contributed by atoms with E-state index in [-0.39, 0.29) is 16.6 Å². The SMILES string of the molecule is CC(C)(C)c1ccc(-c2cc(C=O)c(O)c(C(C)(C)C)c2)cc1. The van der Waals surface area contributed by atoms with Gasteiger partial charge in [-0.2, -0.15) is 0 Å². The monoisotopic (exact) mass is 310 g/mol. The maximum Gasteiger partial charge on any atom is 0.153 e. The van der Waals surface area contributed by atoms with Gasteiger partial charge in [-0.15, -0.1) is 0 Å². The highest BCUT2D eigenvalue weighted by atomic mass is 16.3. The Labute approximate surface area is 139 Å². The first-order chi connectivity index (χ1) is 10.5. The zero-order valence-corrected chi connectivity index (χ0v) is 14.9. The van der Waals surface area contributed by atoms with Crippen LogP contribution in [0.5, 0.6) is 5.75 Å². The molecule has 0 fully saturated rings. The summed E-state index contributed by atoms with van der Waals surface area (Å²) in [5, 5.41) is 10.3. The van der Waals surface area contributed by atoms with Crippen molar-refractivity contribution in [2.24, 2.45) is 0 Å². The highest BCUT2D eigenvalue weighted by molar-refractivity contribution is 5.84. The molecule has 0 aliphatic rings. The molecule has 0 bridgehead atoms. The maximum absolute atomic E-state index is 11.3. The van der Waals surface area contributed by atoms with E-state index >= 15 is 0 Å². The van der Waals surface area contributed by atoms with Crippen LogP contribution in [0.2, 0.25) is 0 Å². The standard InChI is InChI=1S/C21H26O2/c1-20(2,3)17-9-7-14(8-10-17)15-11-16(13-22)19(23)18(12-15)21(4,5)6/h7-13,23H,1-6H3. The molecule has 23 heavy (non-hydrogen) atoms. The van der Waals surface area contributed by atoms with Gasteiger partial charge in [0.15, 0.2) is 6.29 Å². The van der Waals surface area contributed by atoms with Gasteiger partial charge < -0.3 is 5.11 Å². The fourth-order valence-electron chi connectivity index (χ4n) is 2.65. The summed E-state index contributed by atoms with van der Waals surface area (Å²) in [4.78, 5) is 11.3. The van der Waals surface area contributed by atoms with Gasteiger partial charge in [-0.25, -0.2) is 0 Å². The number of hydrogen-bond donors (Lipinski definition) is 1. The Morgan fingerprint density at radius 2 is 1.39 bits per heavy atom. The highest BCUT2D eigenvalue weighted by Gasteiger charge is 2.22. The second-order valence-electron chi connectivity index (χ2n) is 8.16. The Balaban J connectivity index is 2.58. The number of rotatable bonds is 2. The molecular weight excluding hydrogens is 284 g/mol. The first kappa shape index (κ1) is 17.3. The molecule has 0 heterocycles. The van der Waals surface area contributed by atoms with Gasteiger partial charge in [-0.05, 0) is 39.7 Å². The maximum atomic E-state index is 11.3. The van der Waals surface area contributed by atoms with Crippen molar-refractivity contribution in [3.05, 3.63) is 53.1 Å². The second-order valence-corrected chi connectivity index (χ2v) is 8.16. The van der Waals surface area contributed by atoms with E-state index in [0.717, 1.165) is 23.0 Å². The number of phenolic OH excluding ortho intramolecular Hbond substituents is 1. The number of benzene rings is 2. The summed E-state index contributed by atoms with van der Waals surface area (Å²) in [6.45, 7) is 12.6. The molecule has 0 radical (unpaired) electrons. The molecule has 0 amide bonds. The van der Waals surface area contributed by atoms with E-state index in [2.05, 4.69) is 45.0 Å². The summed E-state index contributed by atoms with van der Waals surface area (Å²) in [6, 6.07) is 12.1. The first-order valence-corrected chi connectivity index (χ1v) is 7.97. The lowest BCUT2D eigenvalue weighted by molar-refractivity contribution is 0.112. The average molecular weight is 310 g/mol. The van der Waals surface area contributed by atoms with E-state index in [0.29, 0.717) is 5.56 Å². The Hall–Kier alpha value is -2.09. The van der Waals surface area contributed by atoms with E-state index in [1.54, 1.807) is 6.07 Å². The topological polar surface area (TPSA) is 37.3 Å². The normalized spacial score (nSPS) is 12.3. The van der Waals surface area contributed by atoms with Gasteiger partial charge in [0.1, 0.15) is 5.75 Å². The van der Waals surface area contributed by atoms with Crippen molar-refractivity contribution in [1.82, 2.24) is 0 Å². The molecule has 2 nitrogen and oxygen atoms in total. The number of carbonyl (C=O) groups is 1. The van der Waals surface area contributed by atoms with Crippen molar-refractivity contribution in [1.29, 1.82) is 0 Å². The molecule has 2 aromatic carbocycles. The lowest BCUT2D eigenvalue weighted by Crippen LogP contribution is -2.12. The van der Waals surface area contributed by atoms with Crippen molar-refractivity contribution >= 4 is 6.29 Å². The molecule has 2 heteroatoms. The molecule has 2 rings (SSSR count). The largest absolute Gasteiger partial charge is 0.507 e. The van der Waals surface area contributed by atoms with Gasteiger partial charge in [0, 0.05) is 5.56 Å². The first-order valence-electron chi connectivity index (χ1n) is 7.97. The summed E-state index contributed by atoms with van der Waals surface area (Å²) in [6.07, 6.45) is 0.720. The van der Waals surface area contributed by atoms with Gasteiger partial charge in [-0.1, -0.05) is 65.8 Å². The molecule has 0 saturated carbocycles. The molecule has 2 aromatic rings. The average Bonchev–Trinajstić information content (AvgIpc) is 2.45. The summed E-state index contributed by atoms with van der Waals surface area (Å²) in [5.74, 6) is 0.0857. The summed E-state index contributed by atoms with van der Waals surface area (Å²) >= 11 is 0. The van der Waals surface area contributed by atoms with Gasteiger partial charge in [0.2, 0.25) is 0 Å². The van der Waals surface area contributed by atoms with Gasteiger partial charge in [0.25, 0.3) is 0 Å². The summed E-state index contributed by atoms with van der Waals surface area (Å²) in [7, 11) is 0. The predicted octanol–water partition coefficient (Wildman–Crippen LogP) is 5.47. The molecule has 0 aliphatic carbocycles. The van der Waals surface area contributed by atoms with E-state index in [1.165, 1.54) is 5.56 Å². The Morgan fingerprint density at radius 1 is 0.826 bits per heavy atom. The molecule has 0 unspecified atom stereocenters. The smallest absolute Gasteiger partial charge is 0.153 e. The minimum absolute atomic E-state index is 0.0857. The summed E-state index contributed by atoms with van der Waals surface area (Å²) < 4.78 is 0. The third-order valence-corrected chi connectivity index (χ3v) is 4.16. The van der Waals surface area contributed by atoms with Crippen LogP contribution in [0.1, 0.15) is 63.0 Å². The number of phenols is 1. The van der Waals surface area contributed by atoms with Crippen LogP contribution in [0.4, 0.5) is 0 Å². The van der Waals surface area contributed by atoms with Crippen LogP contribution in [0, 0.1) is 0 Å². The number of carbonyl (C=O) groups excluding carboxylic acids is 1. The van der Waals surface area contributed by atoms with E-state index < -0.39 is 0 Å². The fraction of sp³-hybridized carbons (Fsp3) is 0.381. The minimum Gasteiger partial charge on any atom is -0.507 e. The molecular formula is C21H26O2. The quantitative estimate of drug-likeness (QED) is 0.747. The lowest BCUT2D eigenvalue weighted by atomic mass is 9.82. The third kappa shape index (κ3) is 3.64. The molecule has 0 saturated heterocycles.